The van der Waals surface area contributed by atoms with Gasteiger partial charge in [-0.05, 0) is 103 Å². The third kappa shape index (κ3) is 17.5. The van der Waals surface area contributed by atoms with Crippen LogP contribution in [-0.4, -0.2) is 102 Å². The van der Waals surface area contributed by atoms with E-state index in [0.717, 1.165) is 127 Å². The minimum absolute atomic E-state index is 0.00216. The first kappa shape index (κ1) is 52.9. The molecule has 0 spiro atoms. The second kappa shape index (κ2) is 28.3. The quantitative estimate of drug-likeness (QED) is 0.0196. The van der Waals surface area contributed by atoms with Crippen molar-refractivity contribution in [3.8, 4) is 11.8 Å². The minimum atomic E-state index is -0.431. The third-order valence-corrected chi connectivity index (χ3v) is 13.0. The normalized spacial score (nSPS) is 13.4. The molecule has 1 saturated heterocycles. The summed E-state index contributed by atoms with van der Waals surface area (Å²) in [6.45, 7) is 14.0. The van der Waals surface area contributed by atoms with E-state index in [0.29, 0.717) is 55.9 Å². The maximum Gasteiger partial charge on any atom is 0.267 e. The lowest BCUT2D eigenvalue weighted by Crippen LogP contribution is -2.47. The van der Waals surface area contributed by atoms with Crippen LogP contribution in [0.25, 0.3) is 6.08 Å². The number of hydrogen-bond donors (Lipinski definition) is 3. The Labute approximate surface area is 423 Å². The van der Waals surface area contributed by atoms with Crippen molar-refractivity contribution in [3.63, 3.8) is 0 Å². The van der Waals surface area contributed by atoms with Crippen LogP contribution in [0.3, 0.4) is 0 Å². The number of benzene rings is 2. The second-order valence-corrected chi connectivity index (χ2v) is 18.9. The van der Waals surface area contributed by atoms with Gasteiger partial charge in [0, 0.05) is 71.6 Å². The number of unbranched alkanes of at least 4 members (excludes halogenated alkanes) is 3. The zero-order valence-corrected chi connectivity index (χ0v) is 42.8. The molecule has 0 aliphatic carbocycles. The molecule has 2 aromatic carbocycles. The molecule has 2 amide bonds. The lowest BCUT2D eigenvalue weighted by atomic mass is 10.0. The van der Waals surface area contributed by atoms with Gasteiger partial charge in [0.05, 0.1) is 35.2 Å². The molecule has 18 heteroatoms. The van der Waals surface area contributed by atoms with Crippen molar-refractivity contribution < 1.29 is 23.8 Å². The van der Waals surface area contributed by atoms with E-state index in [9.17, 15) is 14.9 Å². The molecule has 6 rings (SSSR count). The predicted molar refractivity (Wildman–Crippen MR) is 278 cm³/mol. The van der Waals surface area contributed by atoms with Crippen LogP contribution in [0.1, 0.15) is 96.6 Å². The van der Waals surface area contributed by atoms with Crippen LogP contribution in [0, 0.1) is 25.2 Å². The number of pyridine rings is 1. The average Bonchev–Trinajstić information content (AvgIpc) is 3.81. The highest BCUT2D eigenvalue weighted by atomic mass is 79.9. The smallest absolute Gasteiger partial charge is 0.267 e. The number of piperazine rings is 1. The number of nitriles is 1. The maximum absolute atomic E-state index is 13.0. The van der Waals surface area contributed by atoms with Crippen molar-refractivity contribution in [1.29, 1.82) is 5.26 Å². The molecule has 0 saturated carbocycles. The first-order chi connectivity index (χ1) is 33.6. The number of anilines is 4. The van der Waals surface area contributed by atoms with Crippen molar-refractivity contribution in [2.24, 2.45) is 0 Å². The Balaban J connectivity index is 0.762. The van der Waals surface area contributed by atoms with E-state index in [1.165, 1.54) is 17.4 Å². The Hall–Kier alpha value is -5.48. The molecular formula is C51H62BrClN10O5S. The molecule has 1 aliphatic rings. The van der Waals surface area contributed by atoms with Crippen molar-refractivity contribution in [1.82, 2.24) is 30.2 Å². The number of aromatic nitrogens is 4. The Bertz CT molecular complexity index is 2480. The van der Waals surface area contributed by atoms with Crippen LogP contribution in [0.15, 0.2) is 83.1 Å². The number of halogens is 2. The van der Waals surface area contributed by atoms with Crippen LogP contribution in [0.2, 0.25) is 5.02 Å². The summed E-state index contributed by atoms with van der Waals surface area (Å²) in [5, 5.41) is 19.9. The summed E-state index contributed by atoms with van der Waals surface area (Å²) in [7, 11) is 0. The molecule has 15 nitrogen and oxygen atoms in total. The van der Waals surface area contributed by atoms with Gasteiger partial charge in [0.2, 0.25) is 0 Å². The number of nitrogens with zero attached hydrogens (tertiary/aromatic N) is 7. The number of ether oxygens (including phenoxy) is 3. The van der Waals surface area contributed by atoms with Crippen LogP contribution >= 0.6 is 38.9 Å². The van der Waals surface area contributed by atoms with Gasteiger partial charge < -0.3 is 35.1 Å². The number of amides is 2. The number of carbonyl (C=O) groups excluding carboxylic acids is 2. The first-order valence-corrected chi connectivity index (χ1v) is 25.6. The highest BCUT2D eigenvalue weighted by Crippen LogP contribution is 2.29. The van der Waals surface area contributed by atoms with Gasteiger partial charge in [-0.3, -0.25) is 14.5 Å². The van der Waals surface area contributed by atoms with E-state index in [4.69, 9.17) is 30.8 Å². The number of para-hydroxylation sites is 1. The SMILES string of the molecule is CCCC(NC(=O)/C(C#N)=C/c1cccc(Br)n1)c1ccc(OCCCOCCCCCCOCCCN2CCN(c3cc(Nc4ncc(C(=O)Nc5c(C)cccc5Cl)s4)nc(C)n3)CC2)cc1. The van der Waals surface area contributed by atoms with E-state index in [-0.39, 0.29) is 17.5 Å². The van der Waals surface area contributed by atoms with Gasteiger partial charge in [0.1, 0.15) is 44.3 Å². The molecule has 5 aromatic rings. The summed E-state index contributed by atoms with van der Waals surface area (Å²) in [6.07, 6.45) is 10.8. The van der Waals surface area contributed by atoms with Gasteiger partial charge in [-0.2, -0.15) is 5.26 Å². The van der Waals surface area contributed by atoms with E-state index in [1.54, 1.807) is 30.5 Å². The Kier molecular flexibility index (Phi) is 21.7. The van der Waals surface area contributed by atoms with Gasteiger partial charge in [0.15, 0.2) is 5.13 Å². The van der Waals surface area contributed by atoms with Crippen LogP contribution in [0.5, 0.6) is 5.75 Å². The summed E-state index contributed by atoms with van der Waals surface area (Å²) in [5.41, 5.74) is 2.96. The number of thiazole rings is 1. The van der Waals surface area contributed by atoms with Gasteiger partial charge in [0.25, 0.3) is 11.8 Å². The lowest BCUT2D eigenvalue weighted by molar-refractivity contribution is -0.117. The minimum Gasteiger partial charge on any atom is -0.494 e. The molecule has 1 atom stereocenters. The molecule has 3 N–H and O–H groups in total. The van der Waals surface area contributed by atoms with Crippen molar-refractivity contribution in [2.45, 2.75) is 78.2 Å². The fourth-order valence-corrected chi connectivity index (χ4v) is 8.99. The largest absolute Gasteiger partial charge is 0.494 e. The van der Waals surface area contributed by atoms with Crippen molar-refractivity contribution in [3.05, 3.63) is 116 Å². The Morgan fingerprint density at radius 2 is 1.62 bits per heavy atom. The maximum atomic E-state index is 13.0. The molecule has 1 unspecified atom stereocenters. The molecule has 366 valence electrons. The summed E-state index contributed by atoms with van der Waals surface area (Å²) in [6, 6.07) is 22.3. The number of nitrogens with one attached hydrogen (secondary N) is 3. The van der Waals surface area contributed by atoms with Gasteiger partial charge in [-0.1, -0.05) is 79.5 Å². The topological polar surface area (TPSA) is 180 Å². The number of hydrogen-bond acceptors (Lipinski definition) is 14. The second-order valence-electron chi connectivity index (χ2n) is 16.7. The number of aryl methyl sites for hydroxylation is 2. The van der Waals surface area contributed by atoms with Gasteiger partial charge >= 0.3 is 0 Å². The standard InChI is InChI=1S/C51H62BrClN10O5S/c1-4-13-43(59-49(64)39(34-54)32-40-15-10-17-45(52)58-40)38-18-20-41(21-19-38)68-31-12-30-67-28-8-6-5-7-27-66-29-11-22-62-23-25-63(26-24-62)47-33-46(56-37(3)57-47)60-51-55-35-44(69-51)50(65)61-48-36(2)14-9-16-42(48)53/h9-10,14-21,32-33,35,43H,4-8,11-13,22-31H2,1-3H3,(H,59,64)(H,61,65)(H,55,56,57,60)/b39-32+. The van der Waals surface area contributed by atoms with Gasteiger partial charge in [-0.15, -0.1) is 0 Å². The average molecular weight is 1040 g/mol. The van der Waals surface area contributed by atoms with Crippen LogP contribution in [-0.2, 0) is 14.3 Å². The molecule has 69 heavy (non-hydrogen) atoms. The first-order valence-electron chi connectivity index (χ1n) is 23.6. The van der Waals surface area contributed by atoms with Crippen molar-refractivity contribution in [2.75, 3.05) is 81.3 Å². The number of carbonyl (C=O) groups is 2. The lowest BCUT2D eigenvalue weighted by Gasteiger charge is -2.35. The molecule has 1 aliphatic heterocycles. The fourth-order valence-electron chi connectivity index (χ4n) is 7.64. The van der Waals surface area contributed by atoms with E-state index >= 15 is 0 Å². The molecule has 1 fully saturated rings. The molecule has 3 aromatic heterocycles. The molecule has 0 radical (unpaired) electrons. The summed E-state index contributed by atoms with van der Waals surface area (Å²) >= 11 is 10.9. The summed E-state index contributed by atoms with van der Waals surface area (Å²) < 4.78 is 18.4. The fraction of sp³-hybridized carbons (Fsp3) is 0.431. The summed E-state index contributed by atoms with van der Waals surface area (Å²) in [5.74, 6) is 2.22. The van der Waals surface area contributed by atoms with E-state index in [1.807, 2.05) is 62.4 Å². The van der Waals surface area contributed by atoms with E-state index < -0.39 is 5.91 Å². The zero-order valence-electron chi connectivity index (χ0n) is 39.6. The molecule has 4 heterocycles. The summed E-state index contributed by atoms with van der Waals surface area (Å²) in [4.78, 5) is 49.2. The van der Waals surface area contributed by atoms with E-state index in [2.05, 4.69) is 63.6 Å². The predicted octanol–water partition coefficient (Wildman–Crippen LogP) is 10.5. The van der Waals surface area contributed by atoms with Crippen LogP contribution in [0.4, 0.5) is 22.5 Å². The third-order valence-electron chi connectivity index (χ3n) is 11.3. The number of rotatable bonds is 27. The van der Waals surface area contributed by atoms with Crippen molar-refractivity contribution >= 4 is 79.2 Å². The molecular weight excluding hydrogens is 980 g/mol. The highest BCUT2D eigenvalue weighted by molar-refractivity contribution is 9.10. The monoisotopic (exact) mass is 1040 g/mol. The zero-order chi connectivity index (χ0) is 48.8. The van der Waals surface area contributed by atoms with Crippen LogP contribution < -0.4 is 25.6 Å². The Morgan fingerprint density at radius 3 is 2.33 bits per heavy atom. The Morgan fingerprint density at radius 1 is 0.899 bits per heavy atom. The highest BCUT2D eigenvalue weighted by Gasteiger charge is 2.21. The molecule has 0 bridgehead atoms. The van der Waals surface area contributed by atoms with Gasteiger partial charge in [-0.25, -0.2) is 19.9 Å².